The summed E-state index contributed by atoms with van der Waals surface area (Å²) in [5.41, 5.74) is 3.45. The van der Waals surface area contributed by atoms with Crippen molar-refractivity contribution < 1.29 is 13.2 Å². The zero-order chi connectivity index (χ0) is 24.0. The summed E-state index contributed by atoms with van der Waals surface area (Å²) in [5, 5.41) is 7.31. The number of aromatic nitrogens is 4. The number of carbonyl (C=O) groups is 1. The maximum absolute atomic E-state index is 13.3. The largest absolute Gasteiger partial charge is 0.354 e. The van der Waals surface area contributed by atoms with Crippen molar-refractivity contribution in [1.82, 2.24) is 24.1 Å². The number of nitrogens with zero attached hydrogens (tertiary/aromatic N) is 6. The van der Waals surface area contributed by atoms with Gasteiger partial charge in [-0.3, -0.25) is 4.79 Å². The van der Waals surface area contributed by atoms with Crippen LogP contribution in [0.3, 0.4) is 0 Å². The third kappa shape index (κ3) is 4.16. The number of benzene rings is 1. The average molecular weight is 482 g/mol. The highest BCUT2D eigenvalue weighted by Crippen LogP contribution is 2.28. The Labute approximate surface area is 198 Å². The van der Waals surface area contributed by atoms with E-state index in [9.17, 15) is 13.2 Å². The molecule has 1 aromatic carbocycles. The fourth-order valence-electron chi connectivity index (χ4n) is 4.49. The van der Waals surface area contributed by atoms with Crippen LogP contribution in [0.25, 0.3) is 5.82 Å². The maximum Gasteiger partial charge on any atom is 0.243 e. The quantitative estimate of drug-likeness (QED) is 0.606. The van der Waals surface area contributed by atoms with Crippen molar-refractivity contribution in [3.8, 4) is 5.82 Å². The van der Waals surface area contributed by atoms with Gasteiger partial charge >= 0.3 is 0 Å². The number of amides is 1. The van der Waals surface area contributed by atoms with Gasteiger partial charge in [-0.25, -0.2) is 23.1 Å². The normalized spacial score (nSPS) is 16.9. The van der Waals surface area contributed by atoms with E-state index < -0.39 is 10.0 Å². The van der Waals surface area contributed by atoms with Crippen molar-refractivity contribution in [2.45, 2.75) is 38.5 Å². The molecule has 4 heterocycles. The number of hydrogen-bond donors (Lipinski definition) is 1. The first-order chi connectivity index (χ1) is 16.2. The first kappa shape index (κ1) is 22.5. The van der Waals surface area contributed by atoms with Gasteiger partial charge in [-0.1, -0.05) is 0 Å². The van der Waals surface area contributed by atoms with Gasteiger partial charge in [-0.15, -0.1) is 0 Å². The number of nitrogens with one attached hydrogen (secondary N) is 1. The molecule has 0 atom stereocenters. The molecule has 1 saturated heterocycles. The van der Waals surface area contributed by atoms with Crippen LogP contribution in [0, 0.1) is 20.8 Å². The molecule has 11 heteroatoms. The first-order valence-corrected chi connectivity index (χ1v) is 12.7. The molecule has 1 N–H and O–H groups in total. The van der Waals surface area contributed by atoms with Crippen LogP contribution in [0.2, 0.25) is 0 Å². The summed E-state index contributed by atoms with van der Waals surface area (Å²) in [7, 11) is -3.63. The molecule has 3 aromatic rings. The molecule has 0 bridgehead atoms. The van der Waals surface area contributed by atoms with Gasteiger partial charge in [0.05, 0.1) is 10.6 Å². The summed E-state index contributed by atoms with van der Waals surface area (Å²) in [5.74, 6) is 2.05. The van der Waals surface area contributed by atoms with Crippen LogP contribution < -0.4 is 10.2 Å². The fourth-order valence-corrected chi connectivity index (χ4v) is 5.97. The predicted octanol–water partition coefficient (Wildman–Crippen LogP) is 1.98. The van der Waals surface area contributed by atoms with E-state index in [1.54, 1.807) is 22.9 Å². The molecule has 1 amide bonds. The van der Waals surface area contributed by atoms with Crippen molar-refractivity contribution in [1.29, 1.82) is 0 Å². The van der Waals surface area contributed by atoms with Crippen LogP contribution in [0.1, 0.15) is 29.2 Å². The van der Waals surface area contributed by atoms with E-state index in [4.69, 9.17) is 0 Å². The van der Waals surface area contributed by atoms with Gasteiger partial charge in [0.1, 0.15) is 11.6 Å². The Morgan fingerprint density at radius 1 is 0.912 bits per heavy atom. The first-order valence-electron chi connectivity index (χ1n) is 11.3. The molecule has 10 nitrogen and oxygen atoms in total. The number of sulfonamides is 1. The summed E-state index contributed by atoms with van der Waals surface area (Å²) in [6, 6.07) is 8.83. The smallest absolute Gasteiger partial charge is 0.243 e. The second-order valence-electron chi connectivity index (χ2n) is 8.73. The SMILES string of the molecule is Cc1cc(C)n(-c2cc(N3CCN(S(=O)(=O)c4ccc5c(c4)CCC(=O)N5)CC3)nc(C)n2)n1. The highest BCUT2D eigenvalue weighted by atomic mass is 32.2. The van der Waals surface area contributed by atoms with E-state index in [-0.39, 0.29) is 10.8 Å². The standard InChI is InChI=1S/C23H27N7O3S/c1-15-12-16(2)30(27-15)22-14-21(24-17(3)25-22)28-8-10-29(11-9-28)34(32,33)19-5-6-20-18(13-19)4-7-23(31)26-20/h5-6,12-14H,4,7-11H2,1-3H3,(H,26,31). The fraction of sp³-hybridized carbons (Fsp3) is 0.391. The zero-order valence-electron chi connectivity index (χ0n) is 19.4. The van der Waals surface area contributed by atoms with Crippen LogP contribution in [0.15, 0.2) is 35.2 Å². The van der Waals surface area contributed by atoms with Gasteiger partial charge < -0.3 is 10.2 Å². The highest BCUT2D eigenvalue weighted by Gasteiger charge is 2.30. The molecule has 34 heavy (non-hydrogen) atoms. The van der Waals surface area contributed by atoms with Gasteiger partial charge in [-0.05, 0) is 57.0 Å². The molecule has 0 radical (unpaired) electrons. The van der Waals surface area contributed by atoms with Crippen molar-refractivity contribution in [3.63, 3.8) is 0 Å². The number of anilines is 2. The van der Waals surface area contributed by atoms with E-state index >= 15 is 0 Å². The Kier molecular flexibility index (Phi) is 5.61. The van der Waals surface area contributed by atoms with Gasteiger partial charge in [0, 0.05) is 50.0 Å². The lowest BCUT2D eigenvalue weighted by Crippen LogP contribution is -2.49. The Hall–Kier alpha value is -3.31. The lowest BCUT2D eigenvalue weighted by Gasteiger charge is -2.35. The summed E-state index contributed by atoms with van der Waals surface area (Å²) in [6.07, 6.45) is 0.913. The molecule has 5 rings (SSSR count). The van der Waals surface area contributed by atoms with Gasteiger partial charge in [0.25, 0.3) is 0 Å². The summed E-state index contributed by atoms with van der Waals surface area (Å²) >= 11 is 0. The lowest BCUT2D eigenvalue weighted by molar-refractivity contribution is -0.116. The van der Waals surface area contributed by atoms with Crippen molar-refractivity contribution >= 4 is 27.4 Å². The predicted molar refractivity (Wildman–Crippen MR) is 128 cm³/mol. The molecule has 0 spiro atoms. The number of aryl methyl sites for hydroxylation is 4. The molecular formula is C23H27N7O3S. The van der Waals surface area contributed by atoms with E-state index in [1.807, 2.05) is 32.9 Å². The van der Waals surface area contributed by atoms with Crippen molar-refractivity contribution in [2.24, 2.45) is 0 Å². The second kappa shape index (κ2) is 8.48. The summed E-state index contributed by atoms with van der Waals surface area (Å²) in [6.45, 7) is 7.52. The Morgan fingerprint density at radius 2 is 1.65 bits per heavy atom. The Morgan fingerprint density at radius 3 is 2.35 bits per heavy atom. The zero-order valence-corrected chi connectivity index (χ0v) is 20.3. The number of piperazine rings is 1. The average Bonchev–Trinajstić information content (AvgIpc) is 3.16. The molecule has 2 aromatic heterocycles. The van der Waals surface area contributed by atoms with Gasteiger partial charge in [0.15, 0.2) is 5.82 Å². The molecule has 0 saturated carbocycles. The van der Waals surface area contributed by atoms with Crippen molar-refractivity contribution in [3.05, 3.63) is 53.1 Å². The maximum atomic E-state index is 13.3. The minimum absolute atomic E-state index is 0.0415. The monoisotopic (exact) mass is 481 g/mol. The molecule has 0 aliphatic carbocycles. The van der Waals surface area contributed by atoms with Crippen LogP contribution in [-0.2, 0) is 21.2 Å². The van der Waals surface area contributed by atoms with Crippen molar-refractivity contribution in [2.75, 3.05) is 36.4 Å². The summed E-state index contributed by atoms with van der Waals surface area (Å²) in [4.78, 5) is 23.1. The van der Waals surface area contributed by atoms with Crippen LogP contribution in [0.5, 0.6) is 0 Å². The minimum Gasteiger partial charge on any atom is -0.354 e. The Balaban J connectivity index is 1.33. The van der Waals surface area contributed by atoms with E-state index in [0.29, 0.717) is 56.4 Å². The van der Waals surface area contributed by atoms with Gasteiger partial charge in [0.2, 0.25) is 15.9 Å². The Bertz CT molecular complexity index is 1380. The van der Waals surface area contributed by atoms with Crippen LogP contribution >= 0.6 is 0 Å². The van der Waals surface area contributed by atoms with E-state index in [1.165, 1.54) is 4.31 Å². The number of rotatable bonds is 4. The van der Waals surface area contributed by atoms with Crippen LogP contribution in [-0.4, -0.2) is 64.6 Å². The lowest BCUT2D eigenvalue weighted by atomic mass is 10.0. The molecule has 0 unspecified atom stereocenters. The molecule has 2 aliphatic rings. The van der Waals surface area contributed by atoms with Gasteiger partial charge in [-0.2, -0.15) is 9.40 Å². The summed E-state index contributed by atoms with van der Waals surface area (Å²) < 4.78 is 29.9. The topological polar surface area (TPSA) is 113 Å². The van der Waals surface area contributed by atoms with E-state index in [2.05, 4.69) is 25.3 Å². The second-order valence-corrected chi connectivity index (χ2v) is 10.7. The van der Waals surface area contributed by atoms with Crippen LogP contribution in [0.4, 0.5) is 11.5 Å². The molecule has 2 aliphatic heterocycles. The number of hydrogen-bond acceptors (Lipinski definition) is 7. The van der Waals surface area contributed by atoms with E-state index in [0.717, 1.165) is 22.8 Å². The number of carbonyl (C=O) groups excluding carboxylic acids is 1. The highest BCUT2D eigenvalue weighted by molar-refractivity contribution is 7.89. The number of fused-ring (bicyclic) bond motifs is 1. The molecule has 178 valence electrons. The molecular weight excluding hydrogens is 454 g/mol. The minimum atomic E-state index is -3.63. The third-order valence-corrected chi connectivity index (χ3v) is 8.10. The molecule has 1 fully saturated rings. The third-order valence-electron chi connectivity index (χ3n) is 6.21.